The number of piperidine rings is 2. The molecule has 3 N–H and O–H groups in total. The van der Waals surface area contributed by atoms with Gasteiger partial charge in [0.1, 0.15) is 51.5 Å². The van der Waals surface area contributed by atoms with Crippen molar-refractivity contribution < 1.29 is 96.5 Å². The number of hydrogen-bond acceptors (Lipinski definition) is 9. The third kappa shape index (κ3) is 25.1. The molecule has 0 radical (unpaired) electrons. The van der Waals surface area contributed by atoms with Crippen LogP contribution in [0.25, 0.3) is 43.1 Å². The molecule has 2 heterocycles. The quantitative estimate of drug-likeness (QED) is 0.0408. The number of aliphatic carboxylic acids is 1. The van der Waals surface area contributed by atoms with Crippen molar-refractivity contribution in [1.29, 1.82) is 0 Å². The Bertz CT molecular complexity index is 4610. The third-order valence-electron chi connectivity index (χ3n) is 27.6. The minimum atomic E-state index is -4.52. The molecule has 5 aliphatic carbocycles. The van der Waals surface area contributed by atoms with Crippen LogP contribution in [-0.4, -0.2) is 75.1 Å². The van der Waals surface area contributed by atoms with Gasteiger partial charge in [0.05, 0.1) is 42.5 Å². The number of carboxylic acids is 1. The van der Waals surface area contributed by atoms with Crippen molar-refractivity contribution in [2.45, 2.75) is 332 Å². The Kier molecular flexibility index (Phi) is 33.6. The number of rotatable bonds is 19. The SMILES string of the molecule is CCC1CCC(O)CC1.CCC1CCC(Oc2ccc3cc(C(C)Br)ccc3c2C(F)(F)F)CC1.CCC1CCC(Oc2ccc3cc(C(C)N4C5CCCC4CC(C(=O)O)C5)ccc3c2C(F)(F)F)CC1.CCC1CCC(Oc2ccc3cc(C(C)O)ccc3c2C(F)(F)F)CC1.CCC1CCC(Oc2ccc3cc(C=O)ccc3c2C(F)(F)F)CC1. The molecule has 2 bridgehead atoms. The smallest absolute Gasteiger partial charge is 0.420 e. The van der Waals surface area contributed by atoms with Crippen molar-refractivity contribution >= 4 is 71.3 Å². The number of aliphatic hydroxyl groups is 2. The van der Waals surface area contributed by atoms with Gasteiger partial charge in [-0.25, -0.2) is 0 Å². The Balaban J connectivity index is 0.000000156. The molecule has 123 heavy (non-hydrogen) atoms. The molecule has 5 saturated carbocycles. The summed E-state index contributed by atoms with van der Waals surface area (Å²) < 4.78 is 190. The fourth-order valence-electron chi connectivity index (χ4n) is 20.0. The standard InChI is InChI=1S/C30H38F3NO3.C21H24BrF3O.C21H25F3O2.C20H21F3O2.C8H16O/c1-3-19-7-11-25(12-8-19)37-27-14-10-21-15-20(9-13-26(21)28(27)30(31,32)33)18(2)34-23-5-4-6-24(34)17-22(16-23)29(35)36;1-3-14-4-8-17(9-5-14)26-19-11-7-16-12-15(13(2)22)6-10-18(16)20(19)21(23,24)25;1-3-14-4-8-17(9-5-14)26-19-11-7-16-12-15(13(2)25)6-10-18(16)20(19)21(22,23)24;1-2-13-3-7-16(8-4-13)25-18-10-6-15-11-14(12-24)5-9-17(15)19(18)20(21,22)23;1-2-7-3-5-8(9)6-4-7/h9-10,13-15,18-19,22-25H,3-8,11-12,16-17H2,1-2H3,(H,35,36);6-7,10-14,17H,3-5,8-9H2,1-2H3;6-7,10-14,17,25H,3-5,8-9H2,1-2H3;5-6,9-13,16H,2-4,7-8H2,1H3;7-9H,2-6H2,1H3. The van der Waals surface area contributed by atoms with Crippen LogP contribution in [0.2, 0.25) is 0 Å². The van der Waals surface area contributed by atoms with Gasteiger partial charge in [0.25, 0.3) is 0 Å². The lowest BCUT2D eigenvalue weighted by molar-refractivity contribution is -0.147. The highest BCUT2D eigenvalue weighted by Crippen LogP contribution is 2.50. The highest BCUT2D eigenvalue weighted by molar-refractivity contribution is 9.09. The molecule has 674 valence electrons. The molecule has 0 amide bonds. The summed E-state index contributed by atoms with van der Waals surface area (Å²) >= 11 is 3.47. The van der Waals surface area contributed by atoms with Gasteiger partial charge >= 0.3 is 30.7 Å². The fraction of sp³-hybridized carbons (Fsp3) is 0.580. The zero-order valence-electron chi connectivity index (χ0n) is 72.2. The van der Waals surface area contributed by atoms with Crippen LogP contribution in [0.1, 0.15) is 314 Å². The van der Waals surface area contributed by atoms with Crippen molar-refractivity contribution in [3.8, 4) is 23.0 Å². The van der Waals surface area contributed by atoms with E-state index in [0.29, 0.717) is 75.5 Å². The van der Waals surface area contributed by atoms with Crippen molar-refractivity contribution in [2.24, 2.45) is 35.5 Å². The third-order valence-corrected chi connectivity index (χ3v) is 28.1. The molecule has 23 heteroatoms. The maximum atomic E-state index is 14.3. The van der Waals surface area contributed by atoms with Crippen LogP contribution in [0.15, 0.2) is 121 Å². The van der Waals surface area contributed by atoms with Crippen LogP contribution in [0.5, 0.6) is 23.0 Å². The monoisotopic (exact) mass is 1790 g/mol. The highest BCUT2D eigenvalue weighted by Gasteiger charge is 2.46. The summed E-state index contributed by atoms with van der Waals surface area (Å²) in [7, 11) is 0. The van der Waals surface area contributed by atoms with Crippen LogP contribution in [-0.2, 0) is 29.5 Å². The maximum absolute atomic E-state index is 14.3. The van der Waals surface area contributed by atoms with Gasteiger partial charge in [0.15, 0.2) is 0 Å². The van der Waals surface area contributed by atoms with Crippen LogP contribution >= 0.6 is 15.9 Å². The normalized spacial score (nSPS) is 25.4. The first kappa shape index (κ1) is 96.3. The zero-order chi connectivity index (χ0) is 88.8. The molecule has 2 saturated heterocycles. The molecule has 8 aromatic rings. The second kappa shape index (κ2) is 43.0. The lowest BCUT2D eigenvalue weighted by atomic mass is 9.77. The van der Waals surface area contributed by atoms with Gasteiger partial charge in [-0.2, -0.15) is 52.7 Å². The van der Waals surface area contributed by atoms with Crippen LogP contribution in [0.4, 0.5) is 52.7 Å². The van der Waals surface area contributed by atoms with E-state index in [1.807, 2.05) is 19.1 Å². The summed E-state index contributed by atoms with van der Waals surface area (Å²) in [5.41, 5.74) is 0.0755. The van der Waals surface area contributed by atoms with Gasteiger partial charge in [-0.15, -0.1) is 0 Å². The zero-order valence-corrected chi connectivity index (χ0v) is 73.8. The van der Waals surface area contributed by atoms with Gasteiger partial charge in [-0.3, -0.25) is 14.5 Å². The van der Waals surface area contributed by atoms with E-state index < -0.39 is 59.0 Å². The summed E-state index contributed by atoms with van der Waals surface area (Å²) in [6.45, 7) is 16.5. The molecular formula is C100H124BrF12NO9. The minimum absolute atomic E-state index is 0.00783. The minimum Gasteiger partial charge on any atom is -0.490 e. The summed E-state index contributed by atoms with van der Waals surface area (Å²) in [4.78, 5) is 25.0. The number of hydrogen-bond donors (Lipinski definition) is 3. The number of alkyl halides is 13. The second-order valence-corrected chi connectivity index (χ2v) is 37.1. The van der Waals surface area contributed by atoms with E-state index in [1.165, 1.54) is 67.8 Å². The first-order valence-corrected chi connectivity index (χ1v) is 46.1. The second-order valence-electron chi connectivity index (χ2n) is 35.7. The molecule has 5 atom stereocenters. The van der Waals surface area contributed by atoms with Gasteiger partial charge < -0.3 is 34.3 Å². The summed E-state index contributed by atoms with van der Waals surface area (Å²) in [5, 5.41) is 30.9. The number of ether oxygens (including phenoxy) is 4. The Hall–Kier alpha value is -7.34. The first-order valence-electron chi connectivity index (χ1n) is 45.2. The Morgan fingerprint density at radius 1 is 0.407 bits per heavy atom. The van der Waals surface area contributed by atoms with E-state index in [-0.39, 0.29) is 104 Å². The molecule has 15 rings (SSSR count). The highest BCUT2D eigenvalue weighted by atomic mass is 79.9. The average Bonchev–Trinajstić information content (AvgIpc) is 0.756. The molecule has 8 aromatic carbocycles. The Morgan fingerprint density at radius 2 is 0.691 bits per heavy atom. The van der Waals surface area contributed by atoms with Crippen molar-refractivity contribution in [1.82, 2.24) is 4.90 Å². The van der Waals surface area contributed by atoms with Gasteiger partial charge in [0, 0.05) is 28.5 Å². The van der Waals surface area contributed by atoms with Gasteiger partial charge in [-0.05, 0) is 307 Å². The maximum Gasteiger partial charge on any atom is 0.420 e. The van der Waals surface area contributed by atoms with Gasteiger partial charge in [0.2, 0.25) is 0 Å². The lowest BCUT2D eigenvalue weighted by Gasteiger charge is -2.51. The predicted octanol–water partition coefficient (Wildman–Crippen LogP) is 29.9. The summed E-state index contributed by atoms with van der Waals surface area (Å²) in [5.74, 6) is 2.23. The molecule has 7 fully saturated rings. The van der Waals surface area contributed by atoms with Gasteiger partial charge in [-0.1, -0.05) is 168 Å². The van der Waals surface area contributed by atoms with E-state index in [0.717, 1.165) is 178 Å². The molecular weight excluding hydrogens is 1670 g/mol. The predicted molar refractivity (Wildman–Crippen MR) is 466 cm³/mol. The lowest BCUT2D eigenvalue weighted by Crippen LogP contribution is -2.53. The summed E-state index contributed by atoms with van der Waals surface area (Å²) in [6, 6.07) is 32.1. The number of benzene rings is 8. The number of aldehydes is 1. The molecule has 0 spiro atoms. The average molecular weight is 1790 g/mol. The number of carboxylic acid groups (broad SMARTS) is 1. The van der Waals surface area contributed by atoms with E-state index in [1.54, 1.807) is 67.6 Å². The number of aliphatic hydroxyl groups excluding tert-OH is 2. The van der Waals surface area contributed by atoms with E-state index in [2.05, 4.69) is 62.4 Å². The molecule has 2 aliphatic heterocycles. The van der Waals surface area contributed by atoms with Crippen LogP contribution in [0.3, 0.4) is 0 Å². The van der Waals surface area contributed by atoms with Crippen molar-refractivity contribution in [2.75, 3.05) is 0 Å². The number of carbonyl (C=O) groups excluding carboxylic acids is 1. The van der Waals surface area contributed by atoms with Crippen LogP contribution in [0, 0.1) is 35.5 Å². The van der Waals surface area contributed by atoms with Crippen molar-refractivity contribution in [3.05, 3.63) is 166 Å². The number of carbonyl (C=O) groups is 2. The fourth-order valence-corrected chi connectivity index (χ4v) is 20.3. The molecule has 0 aromatic heterocycles. The number of halogens is 13. The largest absolute Gasteiger partial charge is 0.490 e. The topological polar surface area (TPSA) is 135 Å². The van der Waals surface area contributed by atoms with E-state index >= 15 is 0 Å². The first-order chi connectivity index (χ1) is 58.5. The van der Waals surface area contributed by atoms with Crippen molar-refractivity contribution in [3.63, 3.8) is 0 Å². The van der Waals surface area contributed by atoms with Crippen LogP contribution < -0.4 is 18.9 Å². The van der Waals surface area contributed by atoms with E-state index in [9.17, 15) is 72.5 Å². The number of fused-ring (bicyclic) bond motifs is 6. The summed E-state index contributed by atoms with van der Waals surface area (Å²) in [6.07, 6.45) is 10.5. The van der Waals surface area contributed by atoms with E-state index in [4.69, 9.17) is 24.1 Å². The molecule has 5 unspecified atom stereocenters. The molecule has 7 aliphatic rings. The Labute approximate surface area is 725 Å². The Morgan fingerprint density at radius 3 is 0.984 bits per heavy atom. The molecule has 10 nitrogen and oxygen atoms in total. The number of nitrogens with zero attached hydrogens (tertiary/aromatic N) is 1.